The summed E-state index contributed by atoms with van der Waals surface area (Å²) in [6.45, 7) is 3.76. The first-order valence-corrected chi connectivity index (χ1v) is 8.86. The zero-order valence-electron chi connectivity index (χ0n) is 14.3. The number of ether oxygens (including phenoxy) is 1. The maximum absolute atomic E-state index is 13.1. The minimum absolute atomic E-state index is 0.0456. The molecule has 2 aromatic rings. The molecule has 1 aromatic heterocycles. The smallest absolute Gasteiger partial charge is 0.418 e. The van der Waals surface area contributed by atoms with Crippen LogP contribution in [0.3, 0.4) is 0 Å². The SMILES string of the molecule is CCc1c(C)sc(NC(=S)Nc2ccccc2C(F)(F)F)c1C(=O)OC. The Labute approximate surface area is 158 Å². The predicted octanol–water partition coefficient (Wildman–Crippen LogP) is 5.23. The summed E-state index contributed by atoms with van der Waals surface area (Å²) in [6, 6.07) is 5.03. The van der Waals surface area contributed by atoms with E-state index in [9.17, 15) is 18.0 Å². The van der Waals surface area contributed by atoms with Crippen molar-refractivity contribution in [1.29, 1.82) is 0 Å². The lowest BCUT2D eigenvalue weighted by Crippen LogP contribution is -2.22. The van der Waals surface area contributed by atoms with Crippen LogP contribution >= 0.6 is 23.6 Å². The molecule has 0 atom stereocenters. The van der Waals surface area contributed by atoms with E-state index < -0.39 is 17.7 Å². The summed E-state index contributed by atoms with van der Waals surface area (Å²) in [5, 5.41) is 5.76. The molecule has 140 valence electrons. The fourth-order valence-corrected chi connectivity index (χ4v) is 3.92. The molecule has 0 saturated heterocycles. The Morgan fingerprint density at radius 2 is 1.92 bits per heavy atom. The van der Waals surface area contributed by atoms with Crippen LogP contribution in [-0.2, 0) is 17.3 Å². The van der Waals surface area contributed by atoms with Gasteiger partial charge in [0.25, 0.3) is 0 Å². The number of halogens is 3. The standard InChI is InChI=1S/C17H17F3N2O2S2/c1-4-10-9(2)26-14(13(10)15(23)24-3)22-16(25)21-12-8-6-5-7-11(12)17(18,19)20/h5-8H,4H2,1-3H3,(H2,21,22,25). The fourth-order valence-electron chi connectivity index (χ4n) is 2.51. The molecule has 0 bridgehead atoms. The molecule has 0 aliphatic heterocycles. The minimum atomic E-state index is -4.51. The highest BCUT2D eigenvalue weighted by atomic mass is 32.1. The van der Waals surface area contributed by atoms with E-state index in [0.29, 0.717) is 17.0 Å². The lowest BCUT2D eigenvalue weighted by molar-refractivity contribution is -0.136. The average Bonchev–Trinajstić information content (AvgIpc) is 2.88. The largest absolute Gasteiger partial charge is 0.465 e. The summed E-state index contributed by atoms with van der Waals surface area (Å²) in [6.07, 6.45) is -3.89. The Bertz CT molecular complexity index is 832. The first-order chi connectivity index (χ1) is 12.2. The number of anilines is 2. The number of alkyl halides is 3. The summed E-state index contributed by atoms with van der Waals surface area (Å²) in [5.74, 6) is -0.521. The van der Waals surface area contributed by atoms with E-state index in [-0.39, 0.29) is 10.8 Å². The van der Waals surface area contributed by atoms with Gasteiger partial charge < -0.3 is 15.4 Å². The minimum Gasteiger partial charge on any atom is -0.465 e. The highest BCUT2D eigenvalue weighted by Crippen LogP contribution is 2.36. The van der Waals surface area contributed by atoms with Crippen molar-refractivity contribution in [2.24, 2.45) is 0 Å². The molecule has 1 heterocycles. The summed E-state index contributed by atoms with van der Waals surface area (Å²) in [7, 11) is 1.27. The number of hydrogen-bond acceptors (Lipinski definition) is 4. The molecule has 0 amide bonds. The Morgan fingerprint density at radius 1 is 1.27 bits per heavy atom. The zero-order valence-corrected chi connectivity index (χ0v) is 15.9. The fraction of sp³-hybridized carbons (Fsp3) is 0.294. The number of nitrogens with one attached hydrogen (secondary N) is 2. The van der Waals surface area contributed by atoms with Crippen molar-refractivity contribution in [3.05, 3.63) is 45.8 Å². The lowest BCUT2D eigenvalue weighted by Gasteiger charge is -2.15. The molecule has 0 fully saturated rings. The third kappa shape index (κ3) is 4.34. The van der Waals surface area contributed by atoms with E-state index in [1.165, 1.54) is 36.6 Å². The molecular weight excluding hydrogens is 385 g/mol. The van der Waals surface area contributed by atoms with Gasteiger partial charge in [-0.05, 0) is 43.3 Å². The molecule has 0 aliphatic carbocycles. The number of benzene rings is 1. The van der Waals surface area contributed by atoms with Crippen molar-refractivity contribution in [2.45, 2.75) is 26.4 Å². The first-order valence-electron chi connectivity index (χ1n) is 7.63. The molecule has 1 aromatic carbocycles. The number of carbonyl (C=O) groups is 1. The second-order valence-corrected chi connectivity index (χ2v) is 6.94. The topological polar surface area (TPSA) is 50.4 Å². The van der Waals surface area contributed by atoms with Crippen LogP contribution in [0.25, 0.3) is 0 Å². The summed E-state index contributed by atoms with van der Waals surface area (Å²) >= 11 is 6.43. The van der Waals surface area contributed by atoms with Gasteiger partial charge in [0.15, 0.2) is 5.11 Å². The van der Waals surface area contributed by atoms with Gasteiger partial charge in [0.2, 0.25) is 0 Å². The van der Waals surface area contributed by atoms with Gasteiger partial charge in [-0.2, -0.15) is 13.2 Å². The van der Waals surface area contributed by atoms with Gasteiger partial charge in [-0.25, -0.2) is 4.79 Å². The summed E-state index contributed by atoms with van der Waals surface area (Å²) < 4.78 is 44.1. The van der Waals surface area contributed by atoms with Crippen molar-refractivity contribution >= 4 is 45.3 Å². The molecule has 26 heavy (non-hydrogen) atoms. The van der Waals surface area contributed by atoms with Crippen LogP contribution < -0.4 is 10.6 Å². The number of thiocarbonyl (C=S) groups is 1. The van der Waals surface area contributed by atoms with Gasteiger partial charge in [-0.1, -0.05) is 19.1 Å². The van der Waals surface area contributed by atoms with Gasteiger partial charge in [0, 0.05) is 4.88 Å². The van der Waals surface area contributed by atoms with Crippen molar-refractivity contribution in [1.82, 2.24) is 0 Å². The number of hydrogen-bond donors (Lipinski definition) is 2. The third-order valence-corrected chi connectivity index (χ3v) is 4.93. The Balaban J connectivity index is 2.29. The van der Waals surface area contributed by atoms with Gasteiger partial charge in [-0.15, -0.1) is 11.3 Å². The van der Waals surface area contributed by atoms with E-state index in [2.05, 4.69) is 10.6 Å². The molecule has 9 heteroatoms. The van der Waals surface area contributed by atoms with Crippen molar-refractivity contribution in [3.63, 3.8) is 0 Å². The Kier molecular flexibility index (Phi) is 6.25. The second-order valence-electron chi connectivity index (χ2n) is 5.31. The van der Waals surface area contributed by atoms with Crippen molar-refractivity contribution < 1.29 is 22.7 Å². The van der Waals surface area contributed by atoms with E-state index in [1.807, 2.05) is 13.8 Å². The predicted molar refractivity (Wildman–Crippen MR) is 101 cm³/mol. The van der Waals surface area contributed by atoms with Crippen LogP contribution in [0.4, 0.5) is 23.9 Å². The Hall–Kier alpha value is -2.13. The normalized spacial score (nSPS) is 11.2. The molecule has 0 unspecified atom stereocenters. The van der Waals surface area contributed by atoms with Crippen molar-refractivity contribution in [2.75, 3.05) is 17.7 Å². The van der Waals surface area contributed by atoms with E-state index in [4.69, 9.17) is 17.0 Å². The van der Waals surface area contributed by atoms with Crippen LogP contribution in [0.1, 0.15) is 33.3 Å². The molecular formula is C17H17F3N2O2S2. The molecule has 0 spiro atoms. The molecule has 2 rings (SSSR count). The molecule has 0 radical (unpaired) electrons. The van der Waals surface area contributed by atoms with Crippen LogP contribution in [-0.4, -0.2) is 18.2 Å². The van der Waals surface area contributed by atoms with E-state index in [0.717, 1.165) is 16.5 Å². The molecule has 0 saturated carbocycles. The number of thiophene rings is 1. The highest BCUT2D eigenvalue weighted by molar-refractivity contribution is 7.80. The van der Waals surface area contributed by atoms with Crippen LogP contribution in [0.15, 0.2) is 24.3 Å². The van der Waals surface area contributed by atoms with Gasteiger partial charge in [0.1, 0.15) is 5.00 Å². The zero-order chi connectivity index (χ0) is 19.5. The monoisotopic (exact) mass is 402 g/mol. The number of aryl methyl sites for hydroxylation is 1. The maximum atomic E-state index is 13.1. The van der Waals surface area contributed by atoms with Gasteiger partial charge >= 0.3 is 12.1 Å². The van der Waals surface area contributed by atoms with Crippen molar-refractivity contribution in [3.8, 4) is 0 Å². The first kappa shape index (κ1) is 20.2. The Morgan fingerprint density at radius 3 is 2.50 bits per heavy atom. The van der Waals surface area contributed by atoms with Crippen LogP contribution in [0.2, 0.25) is 0 Å². The number of methoxy groups -OCH3 is 1. The van der Waals surface area contributed by atoms with Gasteiger partial charge in [-0.3, -0.25) is 0 Å². The van der Waals surface area contributed by atoms with E-state index in [1.54, 1.807) is 0 Å². The maximum Gasteiger partial charge on any atom is 0.418 e. The number of carbonyl (C=O) groups excluding carboxylic acids is 1. The molecule has 2 N–H and O–H groups in total. The number of rotatable bonds is 4. The number of esters is 1. The van der Waals surface area contributed by atoms with Crippen LogP contribution in [0, 0.1) is 6.92 Å². The third-order valence-electron chi connectivity index (χ3n) is 3.66. The average molecular weight is 402 g/mol. The molecule has 0 aliphatic rings. The quantitative estimate of drug-likeness (QED) is 0.542. The second kappa shape index (κ2) is 8.05. The lowest BCUT2D eigenvalue weighted by atomic mass is 10.1. The summed E-state index contributed by atoms with van der Waals surface area (Å²) in [5.41, 5.74) is 0.184. The molecule has 4 nitrogen and oxygen atoms in total. The van der Waals surface area contributed by atoms with E-state index >= 15 is 0 Å². The van der Waals surface area contributed by atoms with Gasteiger partial charge in [0.05, 0.1) is 23.9 Å². The summed E-state index contributed by atoms with van der Waals surface area (Å²) in [4.78, 5) is 13.0. The van der Waals surface area contributed by atoms with Crippen LogP contribution in [0.5, 0.6) is 0 Å². The number of para-hydroxylation sites is 1. The highest BCUT2D eigenvalue weighted by Gasteiger charge is 2.33.